The minimum Gasteiger partial charge on any atom is -0.330 e. The molecule has 2 nitrogen and oxygen atoms in total. The predicted octanol–water partition coefficient (Wildman–Crippen LogP) is 3.37. The number of carbonyl (C=O) groups is 1. The van der Waals surface area contributed by atoms with Crippen LogP contribution in [0.25, 0.3) is 0 Å². The summed E-state index contributed by atoms with van der Waals surface area (Å²) in [4.78, 5) is 13.1. The van der Waals surface area contributed by atoms with E-state index in [0.717, 1.165) is 24.5 Å². The molecule has 0 spiro atoms. The van der Waals surface area contributed by atoms with Gasteiger partial charge in [0.1, 0.15) is 0 Å². The van der Waals surface area contributed by atoms with Gasteiger partial charge in [0.15, 0.2) is 0 Å². The fourth-order valence-corrected chi connectivity index (χ4v) is 3.95. The van der Waals surface area contributed by atoms with E-state index in [0.29, 0.717) is 11.4 Å². The summed E-state index contributed by atoms with van der Waals surface area (Å²) in [6, 6.07) is 0.363. The van der Waals surface area contributed by atoms with Crippen LogP contribution in [0, 0.1) is 11.3 Å². The molecular weight excluding hydrogens is 218 g/mol. The third kappa shape index (κ3) is 3.16. The standard InChI is InChI=1S/C13H25NOS/c1-10(2)6-7-16-12-8-13(4,5)11(3)14(12)9-15/h9-12H,6-8H2,1-5H3. The van der Waals surface area contributed by atoms with Gasteiger partial charge in [-0.1, -0.05) is 27.7 Å². The lowest BCUT2D eigenvalue weighted by Crippen LogP contribution is -2.35. The van der Waals surface area contributed by atoms with Crippen molar-refractivity contribution >= 4 is 18.2 Å². The lowest BCUT2D eigenvalue weighted by molar-refractivity contribution is -0.119. The Bertz CT molecular complexity index is 240. The second-order valence-corrected chi connectivity index (χ2v) is 7.21. The molecule has 1 aliphatic heterocycles. The van der Waals surface area contributed by atoms with Crippen molar-refractivity contribution in [3.05, 3.63) is 0 Å². The average molecular weight is 243 g/mol. The summed E-state index contributed by atoms with van der Waals surface area (Å²) in [6.07, 6.45) is 3.39. The monoisotopic (exact) mass is 243 g/mol. The number of amides is 1. The number of rotatable bonds is 5. The molecule has 2 unspecified atom stereocenters. The maximum absolute atomic E-state index is 11.1. The number of nitrogens with zero attached hydrogens (tertiary/aromatic N) is 1. The van der Waals surface area contributed by atoms with Gasteiger partial charge in [0.2, 0.25) is 6.41 Å². The number of hydrogen-bond donors (Lipinski definition) is 0. The number of likely N-dealkylation sites (tertiary alicyclic amines) is 1. The fourth-order valence-electron chi connectivity index (χ4n) is 2.12. The lowest BCUT2D eigenvalue weighted by Gasteiger charge is -2.27. The molecule has 0 bridgehead atoms. The topological polar surface area (TPSA) is 20.3 Å². The van der Waals surface area contributed by atoms with Crippen LogP contribution >= 0.6 is 11.8 Å². The van der Waals surface area contributed by atoms with Crippen LogP contribution in [0.3, 0.4) is 0 Å². The van der Waals surface area contributed by atoms with Gasteiger partial charge in [-0.05, 0) is 36.9 Å². The van der Waals surface area contributed by atoms with E-state index < -0.39 is 0 Å². The molecule has 1 saturated heterocycles. The van der Waals surface area contributed by atoms with Crippen LogP contribution in [-0.2, 0) is 4.79 Å². The van der Waals surface area contributed by atoms with Crippen molar-refractivity contribution < 1.29 is 4.79 Å². The fraction of sp³-hybridized carbons (Fsp3) is 0.923. The lowest BCUT2D eigenvalue weighted by atomic mass is 9.86. The van der Waals surface area contributed by atoms with Gasteiger partial charge in [-0.25, -0.2) is 0 Å². The molecule has 0 saturated carbocycles. The minimum atomic E-state index is 0.260. The second kappa shape index (κ2) is 5.44. The molecule has 0 aromatic heterocycles. The summed E-state index contributed by atoms with van der Waals surface area (Å²) < 4.78 is 0. The summed E-state index contributed by atoms with van der Waals surface area (Å²) >= 11 is 1.95. The quantitative estimate of drug-likeness (QED) is 0.690. The summed E-state index contributed by atoms with van der Waals surface area (Å²) in [6.45, 7) is 11.2. The Kier molecular flexibility index (Phi) is 4.72. The van der Waals surface area contributed by atoms with Crippen LogP contribution in [0.2, 0.25) is 0 Å². The highest BCUT2D eigenvalue weighted by molar-refractivity contribution is 7.99. The summed E-state index contributed by atoms with van der Waals surface area (Å²) in [5.41, 5.74) is 0.260. The van der Waals surface area contributed by atoms with E-state index in [1.807, 2.05) is 16.7 Å². The van der Waals surface area contributed by atoms with E-state index in [4.69, 9.17) is 0 Å². The van der Waals surface area contributed by atoms with E-state index >= 15 is 0 Å². The normalized spacial score (nSPS) is 28.8. The maximum atomic E-state index is 11.1. The Balaban J connectivity index is 2.50. The van der Waals surface area contributed by atoms with E-state index in [1.54, 1.807) is 0 Å². The molecule has 0 aliphatic carbocycles. The van der Waals surface area contributed by atoms with Gasteiger partial charge in [-0.3, -0.25) is 4.79 Å². The van der Waals surface area contributed by atoms with Gasteiger partial charge in [0.05, 0.1) is 5.37 Å². The van der Waals surface area contributed by atoms with Crippen molar-refractivity contribution in [2.24, 2.45) is 11.3 Å². The van der Waals surface area contributed by atoms with E-state index in [-0.39, 0.29) is 5.41 Å². The largest absolute Gasteiger partial charge is 0.330 e. The van der Waals surface area contributed by atoms with Crippen LogP contribution < -0.4 is 0 Å². The van der Waals surface area contributed by atoms with Gasteiger partial charge in [-0.15, -0.1) is 11.8 Å². The van der Waals surface area contributed by atoms with Crippen molar-refractivity contribution in [1.29, 1.82) is 0 Å². The first-order valence-electron chi connectivity index (χ1n) is 6.23. The molecule has 1 amide bonds. The van der Waals surface area contributed by atoms with Gasteiger partial charge in [0.25, 0.3) is 0 Å². The molecule has 0 radical (unpaired) electrons. The number of carbonyl (C=O) groups excluding carboxylic acids is 1. The van der Waals surface area contributed by atoms with Gasteiger partial charge < -0.3 is 4.90 Å². The van der Waals surface area contributed by atoms with Crippen LogP contribution in [-0.4, -0.2) is 28.5 Å². The van der Waals surface area contributed by atoms with Crippen molar-refractivity contribution in [3.8, 4) is 0 Å². The van der Waals surface area contributed by atoms with Crippen LogP contribution in [0.5, 0.6) is 0 Å². The third-order valence-corrected chi connectivity index (χ3v) is 5.00. The van der Waals surface area contributed by atoms with E-state index in [1.165, 1.54) is 6.42 Å². The van der Waals surface area contributed by atoms with Crippen molar-refractivity contribution in [1.82, 2.24) is 4.90 Å². The van der Waals surface area contributed by atoms with Crippen LogP contribution in [0.15, 0.2) is 0 Å². The minimum absolute atomic E-state index is 0.260. The summed E-state index contributed by atoms with van der Waals surface area (Å²) in [5.74, 6) is 1.92. The second-order valence-electron chi connectivity index (χ2n) is 5.93. The molecule has 0 N–H and O–H groups in total. The Hall–Kier alpha value is -0.180. The van der Waals surface area contributed by atoms with Gasteiger partial charge in [-0.2, -0.15) is 0 Å². The highest BCUT2D eigenvalue weighted by Crippen LogP contribution is 2.43. The smallest absolute Gasteiger partial charge is 0.210 e. The average Bonchev–Trinajstić information content (AvgIpc) is 2.37. The molecule has 1 rings (SSSR count). The first kappa shape index (κ1) is 13.9. The summed E-state index contributed by atoms with van der Waals surface area (Å²) in [7, 11) is 0. The summed E-state index contributed by atoms with van der Waals surface area (Å²) in [5, 5.41) is 0.390. The van der Waals surface area contributed by atoms with Crippen LogP contribution in [0.4, 0.5) is 0 Å². The van der Waals surface area contributed by atoms with E-state index in [2.05, 4.69) is 34.6 Å². The maximum Gasteiger partial charge on any atom is 0.210 e. The Morgan fingerprint density at radius 3 is 2.62 bits per heavy atom. The molecule has 0 aromatic rings. The highest BCUT2D eigenvalue weighted by atomic mass is 32.2. The molecule has 1 aliphatic rings. The SMILES string of the molecule is CC(C)CCSC1CC(C)(C)C(C)N1C=O. The Morgan fingerprint density at radius 2 is 2.12 bits per heavy atom. The molecule has 94 valence electrons. The molecule has 0 aromatic carbocycles. The van der Waals surface area contributed by atoms with Crippen LogP contribution in [0.1, 0.15) is 47.5 Å². The first-order valence-corrected chi connectivity index (χ1v) is 7.27. The number of hydrogen-bond acceptors (Lipinski definition) is 2. The highest BCUT2D eigenvalue weighted by Gasteiger charge is 2.43. The molecular formula is C13H25NOS. The molecule has 16 heavy (non-hydrogen) atoms. The number of thioether (sulfide) groups is 1. The Morgan fingerprint density at radius 1 is 1.50 bits per heavy atom. The zero-order valence-electron chi connectivity index (χ0n) is 11.2. The molecule has 3 heteroatoms. The third-order valence-electron chi connectivity index (χ3n) is 3.74. The zero-order valence-corrected chi connectivity index (χ0v) is 12.0. The van der Waals surface area contributed by atoms with Gasteiger partial charge in [0, 0.05) is 6.04 Å². The molecule has 1 fully saturated rings. The van der Waals surface area contributed by atoms with Gasteiger partial charge >= 0.3 is 0 Å². The van der Waals surface area contributed by atoms with E-state index in [9.17, 15) is 4.79 Å². The Labute approximate surface area is 104 Å². The molecule has 2 atom stereocenters. The van der Waals surface area contributed by atoms with Crippen molar-refractivity contribution in [2.45, 2.75) is 58.9 Å². The molecule has 1 heterocycles. The zero-order chi connectivity index (χ0) is 12.3. The predicted molar refractivity (Wildman–Crippen MR) is 71.5 cm³/mol. The van der Waals surface area contributed by atoms with Crippen molar-refractivity contribution in [3.63, 3.8) is 0 Å². The first-order chi connectivity index (χ1) is 7.38. The van der Waals surface area contributed by atoms with Crippen molar-refractivity contribution in [2.75, 3.05) is 5.75 Å².